The molecule has 4 nitrogen and oxygen atoms in total. The monoisotopic (exact) mass is 446 g/mol. The molecule has 8 heteroatoms. The van der Waals surface area contributed by atoms with Crippen LogP contribution in [-0.2, 0) is 13.2 Å². The van der Waals surface area contributed by atoms with Crippen LogP contribution >= 0.6 is 11.3 Å². The number of carbonyl (C=O) groups excluding carboxylic acids is 1. The van der Waals surface area contributed by atoms with Crippen molar-refractivity contribution in [3.63, 3.8) is 0 Å². The predicted octanol–water partition coefficient (Wildman–Crippen LogP) is 4.70. The van der Waals surface area contributed by atoms with Gasteiger partial charge in [0.05, 0.1) is 4.88 Å². The molecule has 0 bridgehead atoms. The Morgan fingerprint density at radius 1 is 0.903 bits per heavy atom. The van der Waals surface area contributed by atoms with E-state index < -0.39 is 11.6 Å². The second kappa shape index (κ2) is 9.53. The van der Waals surface area contributed by atoms with Gasteiger partial charge in [0.25, 0.3) is 5.91 Å². The summed E-state index contributed by atoms with van der Waals surface area (Å²) in [5.41, 5.74) is 1.80. The van der Waals surface area contributed by atoms with Crippen molar-refractivity contribution < 1.29 is 22.7 Å². The zero-order valence-electron chi connectivity index (χ0n) is 16.7. The molecule has 1 aliphatic heterocycles. The smallest absolute Gasteiger partial charge is 0.264 e. The van der Waals surface area contributed by atoms with Crippen LogP contribution in [0.3, 0.4) is 0 Å². The van der Waals surface area contributed by atoms with E-state index in [0.717, 1.165) is 42.9 Å². The van der Waals surface area contributed by atoms with Crippen LogP contribution in [-0.4, -0.2) is 41.9 Å². The lowest BCUT2D eigenvalue weighted by molar-refractivity contribution is 0.0633. The Morgan fingerprint density at radius 2 is 1.61 bits per heavy atom. The van der Waals surface area contributed by atoms with Crippen molar-refractivity contribution in [2.24, 2.45) is 0 Å². The van der Waals surface area contributed by atoms with Crippen molar-refractivity contribution in [1.29, 1.82) is 0 Å². The second-order valence-electron chi connectivity index (χ2n) is 7.38. The minimum atomic E-state index is -0.759. The third kappa shape index (κ3) is 5.45. The Bertz CT molecular complexity index is 1050. The predicted molar refractivity (Wildman–Crippen MR) is 113 cm³/mol. The second-order valence-corrected chi connectivity index (χ2v) is 8.29. The molecule has 1 saturated heterocycles. The third-order valence-corrected chi connectivity index (χ3v) is 6.10. The molecule has 162 valence electrons. The van der Waals surface area contributed by atoms with E-state index in [1.807, 2.05) is 4.90 Å². The van der Waals surface area contributed by atoms with Gasteiger partial charge in [-0.3, -0.25) is 9.69 Å². The highest BCUT2D eigenvalue weighted by Gasteiger charge is 2.23. The molecular weight excluding hydrogens is 425 g/mol. The summed E-state index contributed by atoms with van der Waals surface area (Å²) < 4.78 is 45.1. The van der Waals surface area contributed by atoms with Crippen LogP contribution in [0.15, 0.2) is 53.9 Å². The van der Waals surface area contributed by atoms with Gasteiger partial charge in [0, 0.05) is 44.4 Å². The fourth-order valence-electron chi connectivity index (χ4n) is 3.43. The van der Waals surface area contributed by atoms with Crippen LogP contribution in [0.4, 0.5) is 13.2 Å². The lowest BCUT2D eigenvalue weighted by Crippen LogP contribution is -2.48. The van der Waals surface area contributed by atoms with Crippen molar-refractivity contribution in [3.8, 4) is 5.75 Å². The van der Waals surface area contributed by atoms with Gasteiger partial charge in [-0.1, -0.05) is 12.1 Å². The summed E-state index contributed by atoms with van der Waals surface area (Å²) in [6.45, 7) is 3.54. The molecule has 4 rings (SSSR count). The van der Waals surface area contributed by atoms with Gasteiger partial charge in [0.15, 0.2) is 11.6 Å². The summed E-state index contributed by atoms with van der Waals surface area (Å²) in [6.07, 6.45) is 0. The van der Waals surface area contributed by atoms with E-state index in [-0.39, 0.29) is 24.1 Å². The van der Waals surface area contributed by atoms with Gasteiger partial charge in [-0.2, -0.15) is 0 Å². The summed E-state index contributed by atoms with van der Waals surface area (Å²) in [6, 6.07) is 11.4. The molecule has 2 heterocycles. The molecule has 0 radical (unpaired) electrons. The number of carbonyl (C=O) groups is 1. The number of hydrogen-bond donors (Lipinski definition) is 0. The van der Waals surface area contributed by atoms with Gasteiger partial charge in [0.1, 0.15) is 18.2 Å². The molecule has 0 atom stereocenters. The van der Waals surface area contributed by atoms with Crippen molar-refractivity contribution >= 4 is 17.2 Å². The molecule has 31 heavy (non-hydrogen) atoms. The molecule has 0 N–H and O–H groups in total. The number of ether oxygens (including phenoxy) is 1. The Labute approximate surface area is 182 Å². The van der Waals surface area contributed by atoms with Crippen molar-refractivity contribution in [3.05, 3.63) is 87.4 Å². The molecule has 0 saturated carbocycles. The molecule has 2 aromatic carbocycles. The van der Waals surface area contributed by atoms with Crippen LogP contribution in [0, 0.1) is 17.5 Å². The van der Waals surface area contributed by atoms with Crippen molar-refractivity contribution in [2.45, 2.75) is 13.2 Å². The van der Waals surface area contributed by atoms with E-state index >= 15 is 0 Å². The molecule has 1 aliphatic rings. The summed E-state index contributed by atoms with van der Waals surface area (Å²) in [7, 11) is 0. The van der Waals surface area contributed by atoms with Crippen LogP contribution in [0.2, 0.25) is 0 Å². The summed E-state index contributed by atoms with van der Waals surface area (Å²) in [4.78, 5) is 17.5. The summed E-state index contributed by atoms with van der Waals surface area (Å²) >= 11 is 1.32. The molecule has 1 fully saturated rings. The molecule has 0 spiro atoms. The largest absolute Gasteiger partial charge is 0.486 e. The topological polar surface area (TPSA) is 32.8 Å². The lowest BCUT2D eigenvalue weighted by Gasteiger charge is -2.34. The first-order valence-electron chi connectivity index (χ1n) is 9.89. The summed E-state index contributed by atoms with van der Waals surface area (Å²) in [5, 5.41) is 1.81. The van der Waals surface area contributed by atoms with Crippen LogP contribution < -0.4 is 4.74 Å². The average Bonchev–Trinajstić information content (AvgIpc) is 3.24. The highest BCUT2D eigenvalue weighted by atomic mass is 32.1. The van der Waals surface area contributed by atoms with Gasteiger partial charge in [-0.15, -0.1) is 11.3 Å². The van der Waals surface area contributed by atoms with E-state index in [1.165, 1.54) is 29.5 Å². The SMILES string of the molecule is O=C(c1cc(COc2ccc(F)cc2F)cs1)N1CCN(Cc2ccc(F)cc2)CC1. The van der Waals surface area contributed by atoms with Gasteiger partial charge >= 0.3 is 0 Å². The fraction of sp³-hybridized carbons (Fsp3) is 0.261. The molecule has 1 aromatic heterocycles. The van der Waals surface area contributed by atoms with Gasteiger partial charge in [-0.25, -0.2) is 13.2 Å². The zero-order chi connectivity index (χ0) is 21.8. The normalized spacial score (nSPS) is 14.6. The van der Waals surface area contributed by atoms with E-state index in [4.69, 9.17) is 4.74 Å². The first-order valence-corrected chi connectivity index (χ1v) is 10.8. The number of halogens is 3. The number of piperazine rings is 1. The Kier molecular flexibility index (Phi) is 6.58. The molecule has 1 amide bonds. The van der Waals surface area contributed by atoms with Crippen molar-refractivity contribution in [1.82, 2.24) is 9.80 Å². The maximum Gasteiger partial charge on any atom is 0.264 e. The van der Waals surface area contributed by atoms with Gasteiger partial charge in [0.2, 0.25) is 0 Å². The van der Waals surface area contributed by atoms with E-state index in [9.17, 15) is 18.0 Å². The highest BCUT2D eigenvalue weighted by Crippen LogP contribution is 2.22. The average molecular weight is 446 g/mol. The molecule has 0 aliphatic carbocycles. The standard InChI is InChI=1S/C23H21F3N2O2S/c24-18-3-1-16(2-4-18)13-27-7-9-28(10-8-27)23(29)22-11-17(15-31-22)14-30-21-6-5-19(25)12-20(21)26/h1-6,11-12,15H,7-10,13-14H2. The summed E-state index contributed by atoms with van der Waals surface area (Å²) in [5.74, 6) is -1.73. The van der Waals surface area contributed by atoms with E-state index in [2.05, 4.69) is 4.90 Å². The highest BCUT2D eigenvalue weighted by molar-refractivity contribution is 7.12. The third-order valence-electron chi connectivity index (χ3n) is 5.13. The number of hydrogen-bond acceptors (Lipinski definition) is 4. The first kappa shape index (κ1) is 21.4. The van der Waals surface area contributed by atoms with Crippen molar-refractivity contribution in [2.75, 3.05) is 26.2 Å². The van der Waals surface area contributed by atoms with Gasteiger partial charge in [-0.05, 0) is 41.3 Å². The Balaban J connectivity index is 1.28. The molecule has 0 unspecified atom stereocenters. The van der Waals surface area contributed by atoms with Crippen LogP contribution in [0.5, 0.6) is 5.75 Å². The lowest BCUT2D eigenvalue weighted by atomic mass is 10.2. The van der Waals surface area contributed by atoms with Gasteiger partial charge < -0.3 is 9.64 Å². The van der Waals surface area contributed by atoms with E-state index in [0.29, 0.717) is 18.0 Å². The minimum absolute atomic E-state index is 0.0299. The van der Waals surface area contributed by atoms with Crippen LogP contribution in [0.1, 0.15) is 20.8 Å². The maximum absolute atomic E-state index is 13.7. The number of benzene rings is 2. The quantitative estimate of drug-likeness (QED) is 0.550. The number of amides is 1. The molecule has 3 aromatic rings. The Morgan fingerprint density at radius 3 is 2.32 bits per heavy atom. The van der Waals surface area contributed by atoms with Crippen LogP contribution in [0.25, 0.3) is 0 Å². The fourth-order valence-corrected chi connectivity index (χ4v) is 4.29. The number of thiophene rings is 1. The van der Waals surface area contributed by atoms with E-state index in [1.54, 1.807) is 23.6 Å². The number of rotatable bonds is 6. The minimum Gasteiger partial charge on any atom is -0.486 e. The molecular formula is C23H21F3N2O2S. The zero-order valence-corrected chi connectivity index (χ0v) is 17.5. The Hall–Kier alpha value is -2.84. The number of nitrogens with zero attached hydrogens (tertiary/aromatic N) is 2. The first-order chi connectivity index (χ1) is 15.0. The maximum atomic E-state index is 13.7.